The van der Waals surface area contributed by atoms with Gasteiger partial charge in [0, 0.05) is 12.2 Å². The Morgan fingerprint density at radius 3 is 2.57 bits per heavy atom. The molecule has 1 saturated carbocycles. The first-order valence-electron chi connectivity index (χ1n) is 7.28. The Labute approximate surface area is 121 Å². The van der Waals surface area contributed by atoms with Gasteiger partial charge in [0.05, 0.1) is 11.0 Å². The molecule has 0 amide bonds. The normalized spacial score (nSPS) is 17.5. The molecule has 0 atom stereocenters. The minimum Gasteiger partial charge on any atom is -0.399 e. The predicted molar refractivity (Wildman–Crippen MR) is 75.7 cm³/mol. The number of nitrogens with zero attached hydrogens (tertiary/aromatic N) is 2. The summed E-state index contributed by atoms with van der Waals surface area (Å²) in [6.07, 6.45) is 0.932. The SMILES string of the molecule is Nc1ccc2c(c1)nc(C(F)(F)F)n2CC1CCCCC1. The second-order valence-electron chi connectivity index (χ2n) is 5.80. The van der Waals surface area contributed by atoms with Crippen molar-refractivity contribution in [2.75, 3.05) is 5.73 Å². The molecular formula is C15H18F3N3. The number of nitrogens with two attached hydrogens (primary N) is 1. The molecule has 0 bridgehead atoms. The lowest BCUT2D eigenvalue weighted by molar-refractivity contribution is -0.147. The standard InChI is InChI=1S/C15H18F3N3/c16-15(17,18)14-20-12-8-11(19)6-7-13(12)21(14)9-10-4-2-1-3-5-10/h6-8,10H,1-5,9,19H2. The van der Waals surface area contributed by atoms with Crippen LogP contribution in [0.1, 0.15) is 37.9 Å². The average molecular weight is 297 g/mol. The van der Waals surface area contributed by atoms with Gasteiger partial charge in [0.15, 0.2) is 0 Å². The molecule has 3 nitrogen and oxygen atoms in total. The van der Waals surface area contributed by atoms with E-state index in [1.807, 2.05) is 0 Å². The lowest BCUT2D eigenvalue weighted by Crippen LogP contribution is -2.20. The third-order valence-corrected chi connectivity index (χ3v) is 4.19. The molecule has 0 saturated heterocycles. The van der Waals surface area contributed by atoms with Crippen molar-refractivity contribution in [3.8, 4) is 0 Å². The number of alkyl halides is 3. The van der Waals surface area contributed by atoms with Crippen LogP contribution in [0, 0.1) is 5.92 Å². The smallest absolute Gasteiger partial charge is 0.399 e. The number of rotatable bonds is 2. The maximum Gasteiger partial charge on any atom is 0.449 e. The molecule has 1 aliphatic carbocycles. The molecule has 3 rings (SSSR count). The molecule has 1 fully saturated rings. The summed E-state index contributed by atoms with van der Waals surface area (Å²) in [6, 6.07) is 4.76. The van der Waals surface area contributed by atoms with E-state index in [0.29, 0.717) is 29.2 Å². The molecule has 6 heteroatoms. The van der Waals surface area contributed by atoms with Gasteiger partial charge in [-0.15, -0.1) is 0 Å². The second-order valence-corrected chi connectivity index (χ2v) is 5.80. The van der Waals surface area contributed by atoms with Crippen molar-refractivity contribution in [1.82, 2.24) is 9.55 Å². The minimum atomic E-state index is -4.44. The maximum atomic E-state index is 13.2. The van der Waals surface area contributed by atoms with Gasteiger partial charge in [-0.3, -0.25) is 0 Å². The molecule has 21 heavy (non-hydrogen) atoms. The molecule has 2 N–H and O–H groups in total. The van der Waals surface area contributed by atoms with E-state index in [-0.39, 0.29) is 0 Å². The van der Waals surface area contributed by atoms with Crippen LogP contribution in [0.15, 0.2) is 18.2 Å². The summed E-state index contributed by atoms with van der Waals surface area (Å²) >= 11 is 0. The number of fused-ring (bicyclic) bond motifs is 1. The van der Waals surface area contributed by atoms with Crippen LogP contribution >= 0.6 is 0 Å². The van der Waals surface area contributed by atoms with Gasteiger partial charge in [-0.1, -0.05) is 19.3 Å². The van der Waals surface area contributed by atoms with E-state index >= 15 is 0 Å². The van der Waals surface area contributed by atoms with Crippen molar-refractivity contribution >= 4 is 16.7 Å². The summed E-state index contributed by atoms with van der Waals surface area (Å²) in [6.45, 7) is 0.384. The molecule has 0 aliphatic heterocycles. The summed E-state index contributed by atoms with van der Waals surface area (Å²) in [5.74, 6) is -0.511. The van der Waals surface area contributed by atoms with Crippen molar-refractivity contribution in [2.45, 2.75) is 44.8 Å². The third kappa shape index (κ3) is 2.84. The molecular weight excluding hydrogens is 279 g/mol. The molecule has 0 radical (unpaired) electrons. The second kappa shape index (κ2) is 5.24. The summed E-state index contributed by atoms with van der Waals surface area (Å²) in [7, 11) is 0. The van der Waals surface area contributed by atoms with Gasteiger partial charge in [-0.05, 0) is 37.0 Å². The highest BCUT2D eigenvalue weighted by Gasteiger charge is 2.38. The van der Waals surface area contributed by atoms with Crippen LogP contribution in [0.3, 0.4) is 0 Å². The fraction of sp³-hybridized carbons (Fsp3) is 0.533. The molecule has 1 heterocycles. The quantitative estimate of drug-likeness (QED) is 0.843. The monoisotopic (exact) mass is 297 g/mol. The van der Waals surface area contributed by atoms with Crippen LogP contribution in [-0.4, -0.2) is 9.55 Å². The predicted octanol–water partition coefficient (Wildman–Crippen LogP) is 4.22. The van der Waals surface area contributed by atoms with Gasteiger partial charge in [0.1, 0.15) is 0 Å². The molecule has 2 aromatic rings. The minimum absolute atomic E-state index is 0.301. The lowest BCUT2D eigenvalue weighted by Gasteiger charge is -2.23. The zero-order valence-electron chi connectivity index (χ0n) is 11.7. The van der Waals surface area contributed by atoms with E-state index in [9.17, 15) is 13.2 Å². The van der Waals surface area contributed by atoms with Crippen molar-refractivity contribution < 1.29 is 13.2 Å². The summed E-state index contributed by atoms with van der Waals surface area (Å²) in [5, 5.41) is 0. The summed E-state index contributed by atoms with van der Waals surface area (Å²) in [4.78, 5) is 3.77. The van der Waals surface area contributed by atoms with Crippen LogP contribution in [0.5, 0.6) is 0 Å². The van der Waals surface area contributed by atoms with Crippen LogP contribution in [0.4, 0.5) is 18.9 Å². The van der Waals surface area contributed by atoms with E-state index < -0.39 is 12.0 Å². The van der Waals surface area contributed by atoms with Gasteiger partial charge in [-0.2, -0.15) is 13.2 Å². The fourth-order valence-corrected chi connectivity index (χ4v) is 3.18. The number of benzene rings is 1. The Bertz CT molecular complexity index is 639. The van der Waals surface area contributed by atoms with Crippen LogP contribution in [0.25, 0.3) is 11.0 Å². The Kier molecular flexibility index (Phi) is 3.55. The van der Waals surface area contributed by atoms with Crippen molar-refractivity contribution in [2.24, 2.45) is 5.92 Å². The van der Waals surface area contributed by atoms with Crippen molar-refractivity contribution in [3.05, 3.63) is 24.0 Å². The number of aromatic nitrogens is 2. The van der Waals surface area contributed by atoms with E-state index in [2.05, 4.69) is 4.98 Å². The molecule has 0 unspecified atom stereocenters. The number of hydrogen-bond donors (Lipinski definition) is 1. The number of imidazole rings is 1. The number of hydrogen-bond acceptors (Lipinski definition) is 2. The van der Waals surface area contributed by atoms with E-state index in [0.717, 1.165) is 25.7 Å². The maximum absolute atomic E-state index is 13.2. The average Bonchev–Trinajstić information content (AvgIpc) is 2.78. The van der Waals surface area contributed by atoms with Crippen molar-refractivity contribution in [1.29, 1.82) is 0 Å². The zero-order chi connectivity index (χ0) is 15.0. The summed E-state index contributed by atoms with van der Waals surface area (Å²) < 4.78 is 41.0. The van der Waals surface area contributed by atoms with E-state index in [1.54, 1.807) is 12.1 Å². The first-order chi connectivity index (χ1) is 9.95. The highest BCUT2D eigenvalue weighted by Crippen LogP contribution is 2.34. The van der Waals surface area contributed by atoms with Gasteiger partial charge in [-0.25, -0.2) is 4.98 Å². The Hall–Kier alpha value is -1.72. The number of anilines is 1. The molecule has 1 aromatic carbocycles. The van der Waals surface area contributed by atoms with E-state index in [4.69, 9.17) is 5.73 Å². The Morgan fingerprint density at radius 1 is 1.19 bits per heavy atom. The Morgan fingerprint density at radius 2 is 1.90 bits per heavy atom. The molecule has 114 valence electrons. The van der Waals surface area contributed by atoms with Gasteiger partial charge >= 0.3 is 6.18 Å². The van der Waals surface area contributed by atoms with Gasteiger partial charge < -0.3 is 10.3 Å². The third-order valence-electron chi connectivity index (χ3n) is 4.19. The topological polar surface area (TPSA) is 43.8 Å². The number of nitrogen functional groups attached to an aromatic ring is 1. The van der Waals surface area contributed by atoms with Crippen LogP contribution < -0.4 is 5.73 Å². The molecule has 0 spiro atoms. The largest absolute Gasteiger partial charge is 0.449 e. The van der Waals surface area contributed by atoms with Crippen LogP contribution in [-0.2, 0) is 12.7 Å². The first-order valence-corrected chi connectivity index (χ1v) is 7.28. The highest BCUT2D eigenvalue weighted by molar-refractivity contribution is 5.79. The first kappa shape index (κ1) is 14.2. The van der Waals surface area contributed by atoms with Crippen LogP contribution in [0.2, 0.25) is 0 Å². The lowest BCUT2D eigenvalue weighted by atomic mass is 9.89. The van der Waals surface area contributed by atoms with E-state index in [1.165, 1.54) is 17.1 Å². The molecule has 1 aromatic heterocycles. The van der Waals surface area contributed by atoms with Gasteiger partial charge in [0.25, 0.3) is 0 Å². The fourth-order valence-electron chi connectivity index (χ4n) is 3.18. The van der Waals surface area contributed by atoms with Gasteiger partial charge in [0.2, 0.25) is 5.82 Å². The zero-order valence-corrected chi connectivity index (χ0v) is 11.7. The van der Waals surface area contributed by atoms with Crippen molar-refractivity contribution in [3.63, 3.8) is 0 Å². The highest BCUT2D eigenvalue weighted by atomic mass is 19.4. The summed E-state index contributed by atoms with van der Waals surface area (Å²) in [5.41, 5.74) is 6.91. The number of halogens is 3. The Balaban J connectivity index is 2.04. The molecule has 1 aliphatic rings.